The SMILES string of the molecule is Cc1cc(C)c(CNC2CC(C)CCC2C(C)C)c(C)c1. The summed E-state index contributed by atoms with van der Waals surface area (Å²) >= 11 is 0. The van der Waals surface area contributed by atoms with E-state index >= 15 is 0 Å². The highest BCUT2D eigenvalue weighted by atomic mass is 14.9. The Morgan fingerprint density at radius 2 is 1.71 bits per heavy atom. The lowest BCUT2D eigenvalue weighted by molar-refractivity contribution is 0.169. The molecule has 1 aromatic rings. The lowest BCUT2D eigenvalue weighted by atomic mass is 9.74. The normalized spacial score (nSPS) is 26.3. The van der Waals surface area contributed by atoms with Gasteiger partial charge in [0.2, 0.25) is 0 Å². The molecule has 1 fully saturated rings. The molecule has 1 heteroatoms. The molecule has 1 nitrogen and oxygen atoms in total. The fourth-order valence-electron chi connectivity index (χ4n) is 4.16. The number of hydrogen-bond acceptors (Lipinski definition) is 1. The molecule has 1 aliphatic carbocycles. The number of nitrogens with one attached hydrogen (secondary N) is 1. The van der Waals surface area contributed by atoms with Crippen LogP contribution in [0, 0.1) is 38.5 Å². The van der Waals surface area contributed by atoms with E-state index in [1.54, 1.807) is 0 Å². The molecule has 118 valence electrons. The van der Waals surface area contributed by atoms with E-state index in [-0.39, 0.29) is 0 Å². The van der Waals surface area contributed by atoms with Gasteiger partial charge in [0.05, 0.1) is 0 Å². The second kappa shape index (κ2) is 6.96. The van der Waals surface area contributed by atoms with Gasteiger partial charge in [0.25, 0.3) is 0 Å². The molecule has 3 unspecified atom stereocenters. The Labute approximate surface area is 131 Å². The number of rotatable bonds is 4. The molecule has 1 saturated carbocycles. The van der Waals surface area contributed by atoms with Crippen LogP contribution in [0.3, 0.4) is 0 Å². The topological polar surface area (TPSA) is 12.0 Å². The fourth-order valence-corrected chi connectivity index (χ4v) is 4.16. The van der Waals surface area contributed by atoms with Crippen LogP contribution in [0.4, 0.5) is 0 Å². The fraction of sp³-hybridized carbons (Fsp3) is 0.700. The summed E-state index contributed by atoms with van der Waals surface area (Å²) in [5.74, 6) is 2.50. The Bertz CT molecular complexity index is 452. The second-order valence-corrected chi connectivity index (χ2v) is 7.69. The zero-order valence-corrected chi connectivity index (χ0v) is 14.8. The third-order valence-corrected chi connectivity index (χ3v) is 5.40. The van der Waals surface area contributed by atoms with E-state index in [0.717, 1.165) is 24.3 Å². The van der Waals surface area contributed by atoms with Crippen LogP contribution in [0.25, 0.3) is 0 Å². The summed E-state index contributed by atoms with van der Waals surface area (Å²) in [4.78, 5) is 0. The molecule has 1 aliphatic rings. The molecule has 0 spiro atoms. The lowest BCUT2D eigenvalue weighted by Gasteiger charge is -2.38. The number of benzene rings is 1. The van der Waals surface area contributed by atoms with Gasteiger partial charge in [-0.3, -0.25) is 0 Å². The van der Waals surface area contributed by atoms with Gasteiger partial charge in [-0.2, -0.15) is 0 Å². The van der Waals surface area contributed by atoms with Crippen LogP contribution < -0.4 is 5.32 Å². The van der Waals surface area contributed by atoms with Crippen LogP contribution >= 0.6 is 0 Å². The van der Waals surface area contributed by atoms with Gasteiger partial charge in [-0.1, -0.05) is 44.9 Å². The van der Waals surface area contributed by atoms with E-state index in [0.29, 0.717) is 6.04 Å². The Morgan fingerprint density at radius 1 is 1.10 bits per heavy atom. The predicted molar refractivity (Wildman–Crippen MR) is 92.6 cm³/mol. The summed E-state index contributed by atoms with van der Waals surface area (Å²) in [6, 6.07) is 5.31. The van der Waals surface area contributed by atoms with Crippen LogP contribution in [0.15, 0.2) is 12.1 Å². The van der Waals surface area contributed by atoms with E-state index < -0.39 is 0 Å². The first-order valence-corrected chi connectivity index (χ1v) is 8.68. The third kappa shape index (κ3) is 4.10. The van der Waals surface area contributed by atoms with E-state index in [1.165, 1.54) is 41.5 Å². The summed E-state index contributed by atoms with van der Waals surface area (Å²) in [6.45, 7) is 14.9. The van der Waals surface area contributed by atoms with Crippen molar-refractivity contribution in [3.05, 3.63) is 34.4 Å². The Kier molecular flexibility index (Phi) is 5.48. The van der Waals surface area contributed by atoms with E-state index in [4.69, 9.17) is 0 Å². The van der Waals surface area contributed by atoms with Crippen molar-refractivity contribution < 1.29 is 0 Å². The Balaban J connectivity index is 2.07. The van der Waals surface area contributed by atoms with Crippen molar-refractivity contribution in [3.63, 3.8) is 0 Å². The molecular formula is C20H33N. The molecule has 21 heavy (non-hydrogen) atoms. The summed E-state index contributed by atoms with van der Waals surface area (Å²) < 4.78 is 0. The average molecular weight is 287 g/mol. The molecule has 0 amide bonds. The van der Waals surface area contributed by atoms with Gasteiger partial charge in [0.15, 0.2) is 0 Å². The van der Waals surface area contributed by atoms with Crippen LogP contribution in [0.1, 0.15) is 62.3 Å². The van der Waals surface area contributed by atoms with Crippen LogP contribution in [0.2, 0.25) is 0 Å². The van der Waals surface area contributed by atoms with Gasteiger partial charge in [-0.15, -0.1) is 0 Å². The smallest absolute Gasteiger partial charge is 0.0213 e. The van der Waals surface area contributed by atoms with Crippen molar-refractivity contribution in [1.29, 1.82) is 0 Å². The quantitative estimate of drug-likeness (QED) is 0.806. The van der Waals surface area contributed by atoms with Crippen molar-refractivity contribution in [3.8, 4) is 0 Å². The third-order valence-electron chi connectivity index (χ3n) is 5.40. The van der Waals surface area contributed by atoms with Crippen molar-refractivity contribution >= 4 is 0 Å². The van der Waals surface area contributed by atoms with Crippen molar-refractivity contribution in [1.82, 2.24) is 5.32 Å². The van der Waals surface area contributed by atoms with Crippen LogP contribution in [0.5, 0.6) is 0 Å². The summed E-state index contributed by atoms with van der Waals surface area (Å²) in [5, 5.41) is 3.90. The standard InChI is InChI=1S/C20H33N/c1-13(2)18-8-7-14(3)11-20(18)21-12-19-16(5)9-15(4)10-17(19)6/h9-10,13-14,18,20-21H,7-8,11-12H2,1-6H3. The van der Waals surface area contributed by atoms with Crippen molar-refractivity contribution in [2.45, 2.75) is 73.4 Å². The molecule has 0 aliphatic heterocycles. The van der Waals surface area contributed by atoms with Crippen LogP contribution in [-0.2, 0) is 6.54 Å². The minimum atomic E-state index is 0.689. The van der Waals surface area contributed by atoms with Gasteiger partial charge in [0, 0.05) is 12.6 Å². The predicted octanol–water partition coefficient (Wildman–Crippen LogP) is 5.16. The number of hydrogen-bond donors (Lipinski definition) is 1. The molecule has 0 radical (unpaired) electrons. The second-order valence-electron chi connectivity index (χ2n) is 7.69. The minimum absolute atomic E-state index is 0.689. The zero-order chi connectivity index (χ0) is 15.6. The molecule has 2 rings (SSSR count). The van der Waals surface area contributed by atoms with Crippen LogP contribution in [-0.4, -0.2) is 6.04 Å². The molecule has 0 saturated heterocycles. The van der Waals surface area contributed by atoms with Crippen molar-refractivity contribution in [2.75, 3.05) is 0 Å². The van der Waals surface area contributed by atoms with Gasteiger partial charge in [-0.25, -0.2) is 0 Å². The first-order chi connectivity index (χ1) is 9.88. The van der Waals surface area contributed by atoms with E-state index in [9.17, 15) is 0 Å². The highest BCUT2D eigenvalue weighted by Gasteiger charge is 2.30. The molecule has 0 heterocycles. The average Bonchev–Trinajstić information content (AvgIpc) is 2.37. The highest BCUT2D eigenvalue weighted by Crippen LogP contribution is 2.33. The molecular weight excluding hydrogens is 254 g/mol. The van der Waals surface area contributed by atoms with Gasteiger partial charge in [0.1, 0.15) is 0 Å². The Hall–Kier alpha value is -0.820. The molecule has 0 bridgehead atoms. The minimum Gasteiger partial charge on any atom is -0.310 e. The Morgan fingerprint density at radius 3 is 2.29 bits per heavy atom. The van der Waals surface area contributed by atoms with E-state index in [1.807, 2.05) is 0 Å². The summed E-state index contributed by atoms with van der Waals surface area (Å²) in [7, 11) is 0. The summed E-state index contributed by atoms with van der Waals surface area (Å²) in [6.07, 6.45) is 4.14. The maximum absolute atomic E-state index is 3.90. The monoisotopic (exact) mass is 287 g/mol. The first-order valence-electron chi connectivity index (χ1n) is 8.68. The summed E-state index contributed by atoms with van der Waals surface area (Å²) in [5.41, 5.74) is 5.75. The molecule has 1 N–H and O–H groups in total. The lowest BCUT2D eigenvalue weighted by Crippen LogP contribution is -2.42. The van der Waals surface area contributed by atoms with Crippen molar-refractivity contribution in [2.24, 2.45) is 17.8 Å². The highest BCUT2D eigenvalue weighted by molar-refractivity contribution is 5.37. The number of aryl methyl sites for hydroxylation is 3. The molecule has 0 aromatic heterocycles. The van der Waals surface area contributed by atoms with Gasteiger partial charge < -0.3 is 5.32 Å². The van der Waals surface area contributed by atoms with E-state index in [2.05, 4.69) is 59.0 Å². The largest absolute Gasteiger partial charge is 0.310 e. The maximum Gasteiger partial charge on any atom is 0.0213 e. The molecule has 3 atom stereocenters. The maximum atomic E-state index is 3.90. The first kappa shape index (κ1) is 16.5. The molecule has 1 aromatic carbocycles. The zero-order valence-electron chi connectivity index (χ0n) is 14.8. The van der Waals surface area contributed by atoms with Gasteiger partial charge >= 0.3 is 0 Å². The van der Waals surface area contributed by atoms with Gasteiger partial charge in [-0.05, 0) is 68.1 Å².